The first-order valence-corrected chi connectivity index (χ1v) is 11.2. The van der Waals surface area contributed by atoms with Crippen LogP contribution in [0.2, 0.25) is 0 Å². The van der Waals surface area contributed by atoms with E-state index in [1.165, 1.54) is 16.7 Å². The fourth-order valence-corrected chi connectivity index (χ4v) is 3.45. The topological polar surface area (TPSA) is 3.24 Å². The van der Waals surface area contributed by atoms with Gasteiger partial charge in [-0.3, -0.25) is 0 Å². The van der Waals surface area contributed by atoms with Gasteiger partial charge >= 0.3 is 0 Å². The van der Waals surface area contributed by atoms with Gasteiger partial charge in [-0.2, -0.15) is 0 Å². The molecule has 0 spiro atoms. The number of rotatable bonds is 13. The molecule has 0 aliphatic heterocycles. The molecule has 0 fully saturated rings. The third-order valence-electron chi connectivity index (χ3n) is 4.99. The predicted octanol–water partition coefficient (Wildman–Crippen LogP) is 7.52. The van der Waals surface area contributed by atoms with Crippen molar-refractivity contribution in [3.63, 3.8) is 0 Å². The summed E-state index contributed by atoms with van der Waals surface area (Å²) in [6.45, 7) is 7.77. The maximum Gasteiger partial charge on any atom is 0.00165 e. The summed E-state index contributed by atoms with van der Waals surface area (Å²) in [5.74, 6) is 0. The van der Waals surface area contributed by atoms with Crippen LogP contribution in [-0.2, 0) is 0 Å². The highest BCUT2D eigenvalue weighted by Gasteiger charge is 2.06. The first-order valence-electron chi connectivity index (χ1n) is 11.2. The molecule has 0 amide bonds. The van der Waals surface area contributed by atoms with Gasteiger partial charge in [0.2, 0.25) is 0 Å². The Labute approximate surface area is 178 Å². The summed E-state index contributed by atoms with van der Waals surface area (Å²) in [6.07, 6.45) is 17.2. The van der Waals surface area contributed by atoms with Crippen LogP contribution in [0, 0.1) is 0 Å². The molecule has 2 aromatic carbocycles. The van der Waals surface area contributed by atoms with Crippen molar-refractivity contribution >= 4 is 5.57 Å². The van der Waals surface area contributed by atoms with E-state index in [1.807, 2.05) is 0 Å². The van der Waals surface area contributed by atoms with Crippen LogP contribution in [0.5, 0.6) is 0 Å². The number of hydrogen-bond acceptors (Lipinski definition) is 1. The van der Waals surface area contributed by atoms with E-state index in [9.17, 15) is 0 Å². The predicted molar refractivity (Wildman–Crippen MR) is 129 cm³/mol. The van der Waals surface area contributed by atoms with Crippen molar-refractivity contribution in [1.82, 2.24) is 4.90 Å². The molecule has 0 aliphatic rings. The zero-order chi connectivity index (χ0) is 20.6. The molecule has 2 aromatic rings. The van der Waals surface area contributed by atoms with Gasteiger partial charge in [0.1, 0.15) is 0 Å². The molecule has 0 saturated carbocycles. The summed E-state index contributed by atoms with van der Waals surface area (Å²) in [4.78, 5) is 2.60. The van der Waals surface area contributed by atoms with Crippen LogP contribution in [0.4, 0.5) is 0 Å². The Balaban J connectivity index is 2.05. The van der Waals surface area contributed by atoms with E-state index in [0.717, 1.165) is 51.7 Å². The van der Waals surface area contributed by atoms with Crippen LogP contribution in [0.25, 0.3) is 5.57 Å². The Bertz CT molecular complexity index is 681. The van der Waals surface area contributed by atoms with E-state index >= 15 is 0 Å². The lowest BCUT2D eigenvalue weighted by Crippen LogP contribution is -2.26. The second kappa shape index (κ2) is 14.6. The lowest BCUT2D eigenvalue weighted by atomic mass is 9.97. The van der Waals surface area contributed by atoms with Crippen LogP contribution < -0.4 is 0 Å². The molecule has 0 aromatic heterocycles. The van der Waals surface area contributed by atoms with E-state index in [-0.39, 0.29) is 0 Å². The van der Waals surface area contributed by atoms with Crippen LogP contribution >= 0.6 is 0 Å². The lowest BCUT2D eigenvalue weighted by molar-refractivity contribution is 0.289. The summed E-state index contributed by atoms with van der Waals surface area (Å²) in [6, 6.07) is 21.5. The van der Waals surface area contributed by atoms with Gasteiger partial charge in [-0.1, -0.05) is 105 Å². The van der Waals surface area contributed by atoms with Crippen molar-refractivity contribution in [2.75, 3.05) is 19.6 Å². The van der Waals surface area contributed by atoms with Crippen molar-refractivity contribution in [3.8, 4) is 0 Å². The average molecular weight is 388 g/mol. The average Bonchev–Trinajstić information content (AvgIpc) is 2.77. The number of allylic oxidation sites excluding steroid dienone is 2. The molecule has 0 aliphatic carbocycles. The third kappa shape index (κ3) is 9.11. The summed E-state index contributed by atoms with van der Waals surface area (Å²) >= 11 is 0. The highest BCUT2D eigenvalue weighted by atomic mass is 15.1. The van der Waals surface area contributed by atoms with E-state index in [4.69, 9.17) is 0 Å². The minimum Gasteiger partial charge on any atom is -0.302 e. The summed E-state index contributed by atoms with van der Waals surface area (Å²) in [5, 5.41) is 0. The summed E-state index contributed by atoms with van der Waals surface area (Å²) in [7, 11) is 0. The van der Waals surface area contributed by atoms with Gasteiger partial charge in [-0.05, 0) is 48.8 Å². The second-order valence-corrected chi connectivity index (χ2v) is 7.32. The standard InChI is InChI=1S/C28H37N/c1-3-5-7-15-23-29(24-16-8-6-4-2)25-17-22-28(26-18-11-9-12-19-26)27-20-13-10-14-21-27/h5-14,18-22H,3-4,15-17,23-25H2,1-2H3. The van der Waals surface area contributed by atoms with E-state index < -0.39 is 0 Å². The largest absolute Gasteiger partial charge is 0.302 e. The van der Waals surface area contributed by atoms with Gasteiger partial charge in [0.05, 0.1) is 0 Å². The van der Waals surface area contributed by atoms with Crippen molar-refractivity contribution in [1.29, 1.82) is 0 Å². The van der Waals surface area contributed by atoms with Crippen LogP contribution in [0.15, 0.2) is 91.0 Å². The van der Waals surface area contributed by atoms with Crippen molar-refractivity contribution in [2.24, 2.45) is 0 Å². The third-order valence-corrected chi connectivity index (χ3v) is 4.99. The van der Waals surface area contributed by atoms with Gasteiger partial charge in [-0.25, -0.2) is 0 Å². The number of hydrogen-bond donors (Lipinski definition) is 0. The quantitative estimate of drug-likeness (QED) is 0.321. The van der Waals surface area contributed by atoms with Gasteiger partial charge in [0, 0.05) is 19.6 Å². The van der Waals surface area contributed by atoms with Crippen molar-refractivity contribution in [3.05, 3.63) is 102 Å². The van der Waals surface area contributed by atoms with Crippen LogP contribution in [-0.4, -0.2) is 24.5 Å². The Morgan fingerprint density at radius 1 is 0.621 bits per heavy atom. The maximum absolute atomic E-state index is 2.60. The van der Waals surface area contributed by atoms with E-state index in [0.29, 0.717) is 0 Å². The molecule has 1 nitrogen and oxygen atoms in total. The molecule has 29 heavy (non-hydrogen) atoms. The number of nitrogens with zero attached hydrogens (tertiary/aromatic N) is 1. The molecule has 154 valence electrons. The fraction of sp³-hybridized carbons (Fsp3) is 0.357. The Hall–Kier alpha value is -2.38. The summed E-state index contributed by atoms with van der Waals surface area (Å²) in [5.41, 5.74) is 3.92. The second-order valence-electron chi connectivity index (χ2n) is 7.32. The maximum atomic E-state index is 2.60. The molecular formula is C28H37N. The highest BCUT2D eigenvalue weighted by molar-refractivity contribution is 5.79. The van der Waals surface area contributed by atoms with Gasteiger partial charge in [0.15, 0.2) is 0 Å². The monoisotopic (exact) mass is 387 g/mol. The molecule has 1 heteroatoms. The van der Waals surface area contributed by atoms with E-state index in [1.54, 1.807) is 0 Å². The zero-order valence-corrected chi connectivity index (χ0v) is 18.3. The lowest BCUT2D eigenvalue weighted by Gasteiger charge is -2.20. The Morgan fingerprint density at radius 2 is 1.07 bits per heavy atom. The summed E-state index contributed by atoms with van der Waals surface area (Å²) < 4.78 is 0. The van der Waals surface area contributed by atoms with Crippen LogP contribution in [0.3, 0.4) is 0 Å². The molecule has 0 heterocycles. The molecule has 0 saturated heterocycles. The Morgan fingerprint density at radius 3 is 1.52 bits per heavy atom. The fourth-order valence-electron chi connectivity index (χ4n) is 3.45. The first kappa shape index (κ1) is 22.9. The van der Waals surface area contributed by atoms with Gasteiger partial charge in [0.25, 0.3) is 0 Å². The van der Waals surface area contributed by atoms with Crippen molar-refractivity contribution in [2.45, 2.75) is 46.0 Å². The first-order chi connectivity index (χ1) is 14.3. The highest BCUT2D eigenvalue weighted by Crippen LogP contribution is 2.23. The SMILES string of the molecule is CCC=CCCN(CCC=CCC)CCC=C(c1ccccc1)c1ccccc1. The van der Waals surface area contributed by atoms with E-state index in [2.05, 4.69) is 110 Å². The minimum absolute atomic E-state index is 1.06. The number of benzene rings is 2. The molecule has 0 radical (unpaired) electrons. The molecule has 0 unspecified atom stereocenters. The molecular weight excluding hydrogens is 350 g/mol. The van der Waals surface area contributed by atoms with Gasteiger partial charge < -0.3 is 4.90 Å². The van der Waals surface area contributed by atoms with Crippen LogP contribution in [0.1, 0.15) is 57.1 Å². The smallest absolute Gasteiger partial charge is 0.00165 e. The molecule has 0 bridgehead atoms. The normalized spacial score (nSPS) is 11.6. The Kier molecular flexibility index (Phi) is 11.5. The minimum atomic E-state index is 1.06. The van der Waals surface area contributed by atoms with Crippen molar-refractivity contribution < 1.29 is 0 Å². The molecule has 2 rings (SSSR count). The zero-order valence-electron chi connectivity index (χ0n) is 18.3. The molecule has 0 N–H and O–H groups in total. The molecule has 0 atom stereocenters. The van der Waals surface area contributed by atoms with Gasteiger partial charge in [-0.15, -0.1) is 0 Å².